The first-order valence-electron chi connectivity index (χ1n) is 12.3. The number of benzene rings is 1. The molecule has 1 aromatic rings. The van der Waals surface area contributed by atoms with Gasteiger partial charge in [0, 0.05) is 0 Å². The third-order valence-corrected chi connectivity index (χ3v) is 9.10. The molecule has 2 bridgehead atoms. The van der Waals surface area contributed by atoms with Crippen LogP contribution in [0.15, 0.2) is 24.3 Å². The van der Waals surface area contributed by atoms with Gasteiger partial charge >= 0.3 is 0 Å². The summed E-state index contributed by atoms with van der Waals surface area (Å²) in [6.45, 7) is 4.64. The Hall–Kier alpha value is -0.780. The second-order valence-electron chi connectivity index (χ2n) is 10.5. The van der Waals surface area contributed by atoms with Gasteiger partial charge in [0.25, 0.3) is 0 Å². The van der Waals surface area contributed by atoms with Crippen molar-refractivity contribution in [1.82, 2.24) is 0 Å². The van der Waals surface area contributed by atoms with E-state index in [1.807, 2.05) is 0 Å². The summed E-state index contributed by atoms with van der Waals surface area (Å²) in [5, 5.41) is 0. The largest absolute Gasteiger partial charge is 0.0654 e. The summed E-state index contributed by atoms with van der Waals surface area (Å²) in [5.74, 6) is 1.88. The van der Waals surface area contributed by atoms with E-state index < -0.39 is 0 Å². The van der Waals surface area contributed by atoms with Crippen molar-refractivity contribution in [3.63, 3.8) is 0 Å². The third-order valence-electron chi connectivity index (χ3n) is 9.10. The van der Waals surface area contributed by atoms with Gasteiger partial charge in [-0.25, -0.2) is 0 Å². The maximum Gasteiger partial charge on any atom is -0.0162 e. The van der Waals surface area contributed by atoms with Crippen LogP contribution in [0.3, 0.4) is 0 Å². The summed E-state index contributed by atoms with van der Waals surface area (Å²) in [4.78, 5) is 0. The summed E-state index contributed by atoms with van der Waals surface area (Å²) in [6, 6.07) is 9.67. The number of unbranched alkanes of at least 4 members (excludes halogenated alkanes) is 1. The van der Waals surface area contributed by atoms with E-state index in [9.17, 15) is 0 Å². The van der Waals surface area contributed by atoms with Crippen LogP contribution < -0.4 is 0 Å². The highest BCUT2D eigenvalue weighted by molar-refractivity contribution is 5.26. The molecule has 4 fully saturated rings. The first kappa shape index (κ1) is 19.5. The van der Waals surface area contributed by atoms with Gasteiger partial charge in [0.05, 0.1) is 0 Å². The number of fused-ring (bicyclic) bond motifs is 3. The van der Waals surface area contributed by atoms with Crippen molar-refractivity contribution in [2.24, 2.45) is 16.7 Å². The minimum Gasteiger partial charge on any atom is -0.0654 e. The summed E-state index contributed by atoms with van der Waals surface area (Å²) >= 11 is 0. The minimum atomic E-state index is 0.754. The van der Waals surface area contributed by atoms with Crippen molar-refractivity contribution >= 4 is 0 Å². The van der Waals surface area contributed by atoms with Crippen LogP contribution >= 0.6 is 0 Å². The Bertz CT molecular complexity index is 562. The zero-order valence-corrected chi connectivity index (χ0v) is 18.1. The number of hydrogen-bond acceptors (Lipinski definition) is 0. The van der Waals surface area contributed by atoms with Gasteiger partial charge in [-0.15, -0.1) is 0 Å². The predicted molar refractivity (Wildman–Crippen MR) is 117 cm³/mol. The topological polar surface area (TPSA) is 0 Å². The molecule has 0 N–H and O–H groups in total. The highest BCUT2D eigenvalue weighted by Gasteiger charge is 2.51. The maximum atomic E-state index is 2.44. The first-order chi connectivity index (χ1) is 13.2. The highest BCUT2D eigenvalue weighted by Crippen LogP contribution is 2.63. The van der Waals surface area contributed by atoms with E-state index in [2.05, 4.69) is 38.1 Å². The van der Waals surface area contributed by atoms with E-state index in [0.29, 0.717) is 0 Å². The average Bonchev–Trinajstić information content (AvgIpc) is 2.75. The third kappa shape index (κ3) is 4.01. The van der Waals surface area contributed by atoms with Crippen molar-refractivity contribution < 1.29 is 0 Å². The van der Waals surface area contributed by atoms with Gasteiger partial charge in [0.1, 0.15) is 0 Å². The molecule has 0 amide bonds. The Morgan fingerprint density at radius 1 is 0.778 bits per heavy atom. The van der Waals surface area contributed by atoms with Crippen molar-refractivity contribution in [3.8, 4) is 0 Å². The standard InChI is InChI=1S/C27H42/c1-3-5-15-26-16-19-27(20-17-26,21-18-26)25-13-11-24(12-14-25)23-9-7-22(6-4-2)8-10-23/h7-10,24-25H,3-6,11-21H2,1-2H3/t24-,25-,26?,27?. The quantitative estimate of drug-likeness (QED) is 0.454. The molecule has 0 aromatic heterocycles. The molecule has 27 heavy (non-hydrogen) atoms. The second kappa shape index (κ2) is 8.30. The molecule has 0 spiro atoms. The molecule has 4 aliphatic carbocycles. The summed E-state index contributed by atoms with van der Waals surface area (Å²) in [6.07, 6.45) is 22.2. The van der Waals surface area contributed by atoms with Gasteiger partial charge in [-0.2, -0.15) is 0 Å². The van der Waals surface area contributed by atoms with E-state index in [1.165, 1.54) is 63.4 Å². The molecule has 0 nitrogen and oxygen atoms in total. The fourth-order valence-electron chi connectivity index (χ4n) is 7.12. The monoisotopic (exact) mass is 366 g/mol. The van der Waals surface area contributed by atoms with Gasteiger partial charge in [-0.1, -0.05) is 57.4 Å². The van der Waals surface area contributed by atoms with Crippen LogP contribution in [0, 0.1) is 16.7 Å². The molecule has 5 rings (SSSR count). The smallest absolute Gasteiger partial charge is 0.0162 e. The molecule has 0 saturated heterocycles. The molecule has 0 heteroatoms. The fourth-order valence-corrected chi connectivity index (χ4v) is 7.12. The van der Waals surface area contributed by atoms with Gasteiger partial charge in [0.15, 0.2) is 0 Å². The van der Waals surface area contributed by atoms with Crippen molar-refractivity contribution in [3.05, 3.63) is 35.4 Å². The summed E-state index contributed by atoms with van der Waals surface area (Å²) < 4.78 is 0. The van der Waals surface area contributed by atoms with Crippen molar-refractivity contribution in [2.75, 3.05) is 0 Å². The fraction of sp³-hybridized carbons (Fsp3) is 0.778. The molecule has 0 atom stereocenters. The lowest BCUT2D eigenvalue weighted by Gasteiger charge is -2.58. The molecule has 0 unspecified atom stereocenters. The molecule has 4 aliphatic rings. The van der Waals surface area contributed by atoms with E-state index in [0.717, 1.165) is 22.7 Å². The molecular formula is C27H42. The van der Waals surface area contributed by atoms with Gasteiger partial charge in [-0.3, -0.25) is 0 Å². The Balaban J connectivity index is 1.32. The zero-order chi connectivity index (χ0) is 18.7. The van der Waals surface area contributed by atoms with Crippen molar-refractivity contribution in [2.45, 2.75) is 116 Å². The van der Waals surface area contributed by atoms with Crippen LogP contribution in [0.25, 0.3) is 0 Å². The summed E-state index contributed by atoms with van der Waals surface area (Å²) in [7, 11) is 0. The molecule has 0 heterocycles. The molecule has 150 valence electrons. The first-order valence-corrected chi connectivity index (χ1v) is 12.3. The maximum absolute atomic E-state index is 2.44. The SMILES string of the molecule is CCCCC12CCC([C@H]3CC[C@H](c4ccc(CCC)cc4)CC3)(CC1)CC2. The lowest BCUT2D eigenvalue weighted by atomic mass is 9.47. The molecule has 0 aliphatic heterocycles. The Morgan fingerprint density at radius 3 is 1.96 bits per heavy atom. The molecule has 0 radical (unpaired) electrons. The second-order valence-corrected chi connectivity index (χ2v) is 10.5. The summed E-state index contributed by atoms with van der Waals surface area (Å²) in [5.41, 5.74) is 4.67. The molecule has 1 aromatic carbocycles. The highest BCUT2D eigenvalue weighted by atomic mass is 14.6. The van der Waals surface area contributed by atoms with Crippen LogP contribution in [0.5, 0.6) is 0 Å². The van der Waals surface area contributed by atoms with Gasteiger partial charge in [0.2, 0.25) is 0 Å². The van der Waals surface area contributed by atoms with E-state index in [1.54, 1.807) is 44.1 Å². The van der Waals surface area contributed by atoms with Crippen molar-refractivity contribution in [1.29, 1.82) is 0 Å². The van der Waals surface area contributed by atoms with E-state index >= 15 is 0 Å². The number of hydrogen-bond donors (Lipinski definition) is 0. The van der Waals surface area contributed by atoms with E-state index in [4.69, 9.17) is 0 Å². The van der Waals surface area contributed by atoms with Crippen LogP contribution in [0.1, 0.15) is 121 Å². The van der Waals surface area contributed by atoms with Gasteiger partial charge in [-0.05, 0) is 111 Å². The number of rotatable bonds is 7. The zero-order valence-electron chi connectivity index (χ0n) is 18.1. The lowest BCUT2D eigenvalue weighted by molar-refractivity contribution is -0.0629. The number of aryl methyl sites for hydroxylation is 1. The van der Waals surface area contributed by atoms with Crippen LogP contribution in [0.2, 0.25) is 0 Å². The Labute approximate surface area is 168 Å². The Morgan fingerprint density at radius 2 is 1.41 bits per heavy atom. The van der Waals surface area contributed by atoms with Gasteiger partial charge < -0.3 is 0 Å². The van der Waals surface area contributed by atoms with Crippen LogP contribution in [-0.2, 0) is 6.42 Å². The minimum absolute atomic E-state index is 0.754. The van der Waals surface area contributed by atoms with Crippen LogP contribution in [0.4, 0.5) is 0 Å². The molecule has 4 saturated carbocycles. The van der Waals surface area contributed by atoms with E-state index in [-0.39, 0.29) is 0 Å². The normalized spacial score (nSPS) is 36.1. The predicted octanol–water partition coefficient (Wildman–Crippen LogP) is 8.44. The van der Waals surface area contributed by atoms with Crippen LogP contribution in [-0.4, -0.2) is 0 Å². The Kier molecular flexibility index (Phi) is 6.00. The average molecular weight is 367 g/mol. The lowest BCUT2D eigenvalue weighted by Crippen LogP contribution is -2.46. The molecular weight excluding hydrogens is 324 g/mol.